The van der Waals surface area contributed by atoms with Crippen LogP contribution in [-0.2, 0) is 14.4 Å². The summed E-state index contributed by atoms with van der Waals surface area (Å²) in [5.74, 6) is -1.52. The number of carbonyl (C=O) groups is 2. The number of hydroxylamine groups is 1. The first kappa shape index (κ1) is 17.9. The molecule has 0 radical (unpaired) electrons. The van der Waals surface area contributed by atoms with E-state index in [4.69, 9.17) is 10.8 Å². The number of hydrogen-bond donors (Lipinski definition) is 3. The number of carboxylic acids is 1. The molecule has 0 aromatic carbocycles. The maximum Gasteiger partial charge on any atom is 0.325 e. The lowest BCUT2D eigenvalue weighted by molar-refractivity contribution is -0.153. The van der Waals surface area contributed by atoms with Gasteiger partial charge in [0.2, 0.25) is 0 Å². The Kier molecular flexibility index (Phi) is 12.5. The normalized spacial score (nSPS) is 10.4. The number of hydrogen-bond acceptors (Lipinski definition) is 5. The van der Waals surface area contributed by atoms with E-state index in [1.54, 1.807) is 0 Å². The first-order valence-corrected chi connectivity index (χ1v) is 7.01. The summed E-state index contributed by atoms with van der Waals surface area (Å²) in [5, 5.41) is 8.37. The van der Waals surface area contributed by atoms with Gasteiger partial charge < -0.3 is 15.7 Å². The zero-order valence-electron chi connectivity index (χ0n) is 11.5. The smallest absolute Gasteiger partial charge is 0.325 e. The molecule has 6 nitrogen and oxygen atoms in total. The second-order valence-corrected chi connectivity index (χ2v) is 4.53. The number of aliphatic carboxylic acids is 1. The van der Waals surface area contributed by atoms with Gasteiger partial charge in [0.25, 0.3) is 0 Å². The Balaban J connectivity index is 3.13. The predicted molar refractivity (Wildman–Crippen MR) is 72.3 cm³/mol. The Labute approximate surface area is 114 Å². The highest BCUT2D eigenvalue weighted by molar-refractivity contribution is 5.76. The Morgan fingerprint density at radius 1 is 0.947 bits per heavy atom. The van der Waals surface area contributed by atoms with Gasteiger partial charge in [0.1, 0.15) is 0 Å². The first-order chi connectivity index (χ1) is 9.16. The van der Waals surface area contributed by atoms with Crippen LogP contribution in [0.3, 0.4) is 0 Å². The SMILES string of the molecule is NCCCCCCCCCNOC(=O)CCC(=O)O. The van der Waals surface area contributed by atoms with E-state index >= 15 is 0 Å². The molecule has 0 amide bonds. The van der Waals surface area contributed by atoms with Crippen molar-refractivity contribution in [1.29, 1.82) is 0 Å². The maximum atomic E-state index is 11.0. The molecule has 0 aromatic rings. The van der Waals surface area contributed by atoms with Gasteiger partial charge >= 0.3 is 11.9 Å². The van der Waals surface area contributed by atoms with Crippen LogP contribution in [-0.4, -0.2) is 30.1 Å². The minimum atomic E-state index is -0.994. The van der Waals surface area contributed by atoms with Crippen LogP contribution in [0.15, 0.2) is 0 Å². The van der Waals surface area contributed by atoms with Gasteiger partial charge in [0.05, 0.1) is 12.8 Å². The van der Waals surface area contributed by atoms with E-state index in [2.05, 4.69) is 10.3 Å². The van der Waals surface area contributed by atoms with Crippen molar-refractivity contribution in [3.63, 3.8) is 0 Å². The van der Waals surface area contributed by atoms with Crippen LogP contribution in [0.25, 0.3) is 0 Å². The average Bonchev–Trinajstić information content (AvgIpc) is 2.38. The fourth-order valence-electron chi connectivity index (χ4n) is 1.62. The molecule has 0 atom stereocenters. The zero-order valence-corrected chi connectivity index (χ0v) is 11.5. The van der Waals surface area contributed by atoms with E-state index in [1.165, 1.54) is 25.7 Å². The van der Waals surface area contributed by atoms with E-state index in [-0.39, 0.29) is 12.8 Å². The Bertz CT molecular complexity index is 247. The van der Waals surface area contributed by atoms with E-state index in [9.17, 15) is 9.59 Å². The number of carboxylic acid groups (broad SMARTS) is 1. The lowest BCUT2D eigenvalue weighted by atomic mass is 10.1. The third-order valence-corrected chi connectivity index (χ3v) is 2.71. The summed E-state index contributed by atoms with van der Waals surface area (Å²) in [6.45, 7) is 1.39. The van der Waals surface area contributed by atoms with Crippen molar-refractivity contribution in [3.8, 4) is 0 Å². The van der Waals surface area contributed by atoms with Crippen molar-refractivity contribution in [1.82, 2.24) is 5.48 Å². The molecular formula is C13H26N2O4. The molecule has 112 valence electrons. The molecule has 0 unspecified atom stereocenters. The van der Waals surface area contributed by atoms with Crippen molar-refractivity contribution in [2.45, 2.75) is 57.8 Å². The molecule has 0 heterocycles. The molecule has 0 spiro atoms. The standard InChI is InChI=1S/C13H26N2O4/c14-10-6-4-2-1-3-5-7-11-15-19-13(18)9-8-12(16)17/h15H,1-11,14H2,(H,16,17). The van der Waals surface area contributed by atoms with Crippen LogP contribution in [0.5, 0.6) is 0 Å². The molecular weight excluding hydrogens is 248 g/mol. The molecule has 0 rings (SSSR count). The molecule has 0 aliphatic rings. The quantitative estimate of drug-likeness (QED) is 0.348. The van der Waals surface area contributed by atoms with Crippen molar-refractivity contribution in [3.05, 3.63) is 0 Å². The number of nitrogens with two attached hydrogens (primary N) is 1. The largest absolute Gasteiger partial charge is 0.481 e. The molecule has 0 aliphatic carbocycles. The molecule has 0 saturated heterocycles. The van der Waals surface area contributed by atoms with Gasteiger partial charge in [-0.05, 0) is 19.4 Å². The highest BCUT2D eigenvalue weighted by Crippen LogP contribution is 2.06. The van der Waals surface area contributed by atoms with Crippen molar-refractivity contribution in [2.24, 2.45) is 5.73 Å². The highest BCUT2D eigenvalue weighted by Gasteiger charge is 2.05. The van der Waals surface area contributed by atoms with Gasteiger partial charge in [-0.3, -0.25) is 9.59 Å². The summed E-state index contributed by atoms with van der Waals surface area (Å²) in [4.78, 5) is 25.9. The number of rotatable bonds is 13. The van der Waals surface area contributed by atoms with Crippen molar-refractivity contribution in [2.75, 3.05) is 13.1 Å². The minimum Gasteiger partial charge on any atom is -0.481 e. The van der Waals surface area contributed by atoms with Crippen LogP contribution in [0.1, 0.15) is 57.8 Å². The Morgan fingerprint density at radius 3 is 2.11 bits per heavy atom. The average molecular weight is 274 g/mol. The fraction of sp³-hybridized carbons (Fsp3) is 0.846. The zero-order chi connectivity index (χ0) is 14.3. The molecule has 0 bridgehead atoms. The molecule has 0 fully saturated rings. The van der Waals surface area contributed by atoms with Gasteiger partial charge in [-0.2, -0.15) is 5.48 Å². The monoisotopic (exact) mass is 274 g/mol. The topological polar surface area (TPSA) is 102 Å². The summed E-state index contributed by atoms with van der Waals surface area (Å²) in [7, 11) is 0. The Morgan fingerprint density at radius 2 is 1.53 bits per heavy atom. The lowest BCUT2D eigenvalue weighted by Gasteiger charge is -2.05. The fourth-order valence-corrected chi connectivity index (χ4v) is 1.62. The van der Waals surface area contributed by atoms with Crippen LogP contribution < -0.4 is 11.2 Å². The summed E-state index contributed by atoms with van der Waals surface area (Å²) in [5.41, 5.74) is 7.97. The second-order valence-electron chi connectivity index (χ2n) is 4.53. The maximum absolute atomic E-state index is 11.0. The van der Waals surface area contributed by atoms with Crippen LogP contribution in [0.2, 0.25) is 0 Å². The predicted octanol–water partition coefficient (Wildman–Crippen LogP) is 1.59. The second kappa shape index (κ2) is 13.3. The van der Waals surface area contributed by atoms with E-state index in [0.29, 0.717) is 6.54 Å². The molecule has 0 saturated carbocycles. The number of unbranched alkanes of at least 4 members (excludes halogenated alkanes) is 6. The summed E-state index contributed by atoms with van der Waals surface area (Å²) in [6.07, 6.45) is 7.70. The van der Waals surface area contributed by atoms with Gasteiger partial charge in [0, 0.05) is 6.54 Å². The molecule has 6 heteroatoms. The van der Waals surface area contributed by atoms with Crippen molar-refractivity contribution < 1.29 is 19.5 Å². The van der Waals surface area contributed by atoms with Crippen molar-refractivity contribution >= 4 is 11.9 Å². The molecule has 0 aromatic heterocycles. The van der Waals surface area contributed by atoms with E-state index < -0.39 is 11.9 Å². The van der Waals surface area contributed by atoms with E-state index in [0.717, 1.165) is 25.8 Å². The van der Waals surface area contributed by atoms with Crippen LogP contribution in [0.4, 0.5) is 0 Å². The summed E-state index contributed by atoms with van der Waals surface area (Å²) >= 11 is 0. The molecule has 0 aliphatic heterocycles. The Hall–Kier alpha value is -1.14. The third kappa shape index (κ3) is 14.8. The summed E-state index contributed by atoms with van der Waals surface area (Å²) in [6, 6.07) is 0. The van der Waals surface area contributed by atoms with Crippen LogP contribution in [0, 0.1) is 0 Å². The van der Waals surface area contributed by atoms with Gasteiger partial charge in [0.15, 0.2) is 0 Å². The third-order valence-electron chi connectivity index (χ3n) is 2.71. The van der Waals surface area contributed by atoms with Gasteiger partial charge in [-0.1, -0.05) is 32.1 Å². The molecule has 4 N–H and O–H groups in total. The van der Waals surface area contributed by atoms with Gasteiger partial charge in [-0.15, -0.1) is 0 Å². The van der Waals surface area contributed by atoms with E-state index in [1.807, 2.05) is 0 Å². The minimum absolute atomic E-state index is 0.0938. The first-order valence-electron chi connectivity index (χ1n) is 7.01. The summed E-state index contributed by atoms with van der Waals surface area (Å²) < 4.78 is 0. The van der Waals surface area contributed by atoms with Crippen LogP contribution >= 0.6 is 0 Å². The number of nitrogens with one attached hydrogen (secondary N) is 1. The number of carbonyl (C=O) groups excluding carboxylic acids is 1. The highest BCUT2D eigenvalue weighted by atomic mass is 16.7. The lowest BCUT2D eigenvalue weighted by Crippen LogP contribution is -2.21. The molecule has 19 heavy (non-hydrogen) atoms. The van der Waals surface area contributed by atoms with Gasteiger partial charge in [-0.25, -0.2) is 0 Å².